The summed E-state index contributed by atoms with van der Waals surface area (Å²) >= 11 is 2.93. The Bertz CT molecular complexity index is 325. The van der Waals surface area contributed by atoms with Crippen LogP contribution in [0.1, 0.15) is 0 Å². The molecule has 0 aromatic heterocycles. The Balaban J connectivity index is 2.95. The lowest BCUT2D eigenvalue weighted by Gasteiger charge is -2.11. The number of hydrogen-bond donors (Lipinski definition) is 0. The van der Waals surface area contributed by atoms with Gasteiger partial charge < -0.3 is 9.47 Å². The second-order valence-electron chi connectivity index (χ2n) is 2.34. The molecule has 0 N–H and O–H groups in total. The lowest BCUT2D eigenvalue weighted by Crippen LogP contribution is -2.17. The van der Waals surface area contributed by atoms with E-state index in [2.05, 4.69) is 20.7 Å². The van der Waals surface area contributed by atoms with E-state index in [1.54, 1.807) is 0 Å². The normalized spacial score (nSPS) is 11.2. The zero-order valence-electron chi connectivity index (χ0n) is 7.06. The van der Waals surface area contributed by atoms with Gasteiger partial charge in [0.2, 0.25) is 0 Å². The maximum Gasteiger partial charge on any atom is 0.573 e. The number of rotatable bonds is 2. The van der Waals surface area contributed by atoms with E-state index in [1.807, 2.05) is 0 Å². The molecule has 0 heterocycles. The first-order valence-electron chi connectivity index (χ1n) is 3.51. The number of alkyl halides is 3. The maximum atomic E-state index is 11.9. The highest BCUT2D eigenvalue weighted by molar-refractivity contribution is 9.10. The van der Waals surface area contributed by atoms with E-state index in [0.717, 1.165) is 6.07 Å². The molecule has 6 heteroatoms. The van der Waals surface area contributed by atoms with Crippen LogP contribution < -0.4 is 9.47 Å². The Morgan fingerprint density at radius 2 is 1.93 bits per heavy atom. The maximum absolute atomic E-state index is 11.9. The van der Waals surface area contributed by atoms with Crippen molar-refractivity contribution in [1.82, 2.24) is 0 Å². The average Bonchev–Trinajstić information content (AvgIpc) is 2.06. The number of benzene rings is 1. The monoisotopic (exact) mass is 270 g/mol. The number of methoxy groups -OCH3 is 1. The molecule has 0 aliphatic carbocycles. The van der Waals surface area contributed by atoms with Gasteiger partial charge in [-0.05, 0) is 28.1 Å². The number of ether oxygens (including phenoxy) is 2. The first-order valence-corrected chi connectivity index (χ1v) is 4.31. The molecule has 0 aliphatic rings. The zero-order valence-corrected chi connectivity index (χ0v) is 8.65. The van der Waals surface area contributed by atoms with Crippen LogP contribution in [0.25, 0.3) is 0 Å². The summed E-state index contributed by atoms with van der Waals surface area (Å²) < 4.78 is 44.3. The Hall–Kier alpha value is -0.910. The summed E-state index contributed by atoms with van der Waals surface area (Å²) in [6, 6.07) is 4.09. The lowest BCUT2D eigenvalue weighted by atomic mass is 10.3. The van der Waals surface area contributed by atoms with Crippen molar-refractivity contribution < 1.29 is 22.6 Å². The van der Waals surface area contributed by atoms with Crippen molar-refractivity contribution in [3.8, 4) is 11.5 Å². The van der Waals surface area contributed by atoms with E-state index < -0.39 is 6.36 Å². The lowest BCUT2D eigenvalue weighted by molar-refractivity contribution is -0.274. The van der Waals surface area contributed by atoms with Crippen LogP contribution in [-0.2, 0) is 0 Å². The molecule has 0 unspecified atom stereocenters. The summed E-state index contributed by atoms with van der Waals surface area (Å²) in [5, 5.41) is 0. The Labute approximate surface area is 86.8 Å². The number of hydrogen-bond acceptors (Lipinski definition) is 2. The van der Waals surface area contributed by atoms with Gasteiger partial charge in [-0.3, -0.25) is 0 Å². The van der Waals surface area contributed by atoms with E-state index in [-0.39, 0.29) is 10.2 Å². The Morgan fingerprint density at radius 1 is 1.29 bits per heavy atom. The number of halogens is 4. The summed E-state index contributed by atoms with van der Waals surface area (Å²) in [5.41, 5.74) is 0. The fourth-order valence-electron chi connectivity index (χ4n) is 0.814. The smallest absolute Gasteiger partial charge is 0.497 e. The minimum Gasteiger partial charge on any atom is -0.497 e. The summed E-state index contributed by atoms with van der Waals surface area (Å²) in [6.07, 6.45) is -4.70. The first-order chi connectivity index (χ1) is 6.42. The zero-order chi connectivity index (χ0) is 10.8. The van der Waals surface area contributed by atoms with Crippen LogP contribution >= 0.6 is 15.9 Å². The van der Waals surface area contributed by atoms with Crippen molar-refractivity contribution >= 4 is 15.9 Å². The van der Waals surface area contributed by atoms with Crippen LogP contribution in [0.4, 0.5) is 13.2 Å². The van der Waals surface area contributed by atoms with E-state index in [9.17, 15) is 13.2 Å². The van der Waals surface area contributed by atoms with Gasteiger partial charge in [-0.25, -0.2) is 0 Å². The summed E-state index contributed by atoms with van der Waals surface area (Å²) in [4.78, 5) is 0. The van der Waals surface area contributed by atoms with Gasteiger partial charge in [0, 0.05) is 6.07 Å². The highest BCUT2D eigenvalue weighted by atomic mass is 79.9. The molecular weight excluding hydrogens is 265 g/mol. The molecule has 0 saturated carbocycles. The summed E-state index contributed by atoms with van der Waals surface area (Å²) in [5.74, 6) is -0.0238. The first kappa shape index (κ1) is 11.2. The van der Waals surface area contributed by atoms with Crippen molar-refractivity contribution in [2.75, 3.05) is 7.11 Å². The van der Waals surface area contributed by atoms with E-state index >= 15 is 0 Å². The topological polar surface area (TPSA) is 18.5 Å². The molecule has 0 spiro atoms. The summed E-state index contributed by atoms with van der Waals surface area (Å²) in [7, 11) is 1.36. The average molecular weight is 271 g/mol. The van der Waals surface area contributed by atoms with Crippen LogP contribution in [0, 0.1) is 0 Å². The molecule has 1 rings (SSSR count). The second-order valence-corrected chi connectivity index (χ2v) is 3.20. The largest absolute Gasteiger partial charge is 0.573 e. The highest BCUT2D eigenvalue weighted by Gasteiger charge is 2.32. The molecule has 0 saturated heterocycles. The third-order valence-corrected chi connectivity index (χ3v) is 2.02. The fourth-order valence-corrected chi connectivity index (χ4v) is 1.14. The molecule has 0 radical (unpaired) electrons. The third kappa shape index (κ3) is 3.10. The van der Waals surface area contributed by atoms with Crippen molar-refractivity contribution in [3.63, 3.8) is 0 Å². The molecule has 0 bridgehead atoms. The SMILES string of the molecule is COc1ccc(Br)c(OC(F)(F)F)c1. The molecule has 1 aromatic rings. The predicted octanol–water partition coefficient (Wildman–Crippen LogP) is 3.36. The second kappa shape index (κ2) is 4.08. The third-order valence-electron chi connectivity index (χ3n) is 1.36. The van der Waals surface area contributed by atoms with Gasteiger partial charge in [0.1, 0.15) is 11.5 Å². The van der Waals surface area contributed by atoms with Crippen molar-refractivity contribution in [3.05, 3.63) is 22.7 Å². The van der Waals surface area contributed by atoms with Crippen molar-refractivity contribution in [2.24, 2.45) is 0 Å². The van der Waals surface area contributed by atoms with E-state index in [1.165, 1.54) is 19.2 Å². The van der Waals surface area contributed by atoms with Gasteiger partial charge in [-0.1, -0.05) is 0 Å². The van der Waals surface area contributed by atoms with Gasteiger partial charge in [-0.15, -0.1) is 13.2 Å². The van der Waals surface area contributed by atoms with Crippen LogP contribution in [0.2, 0.25) is 0 Å². The molecular formula is C8H6BrF3O2. The van der Waals surface area contributed by atoms with Gasteiger partial charge in [0.25, 0.3) is 0 Å². The van der Waals surface area contributed by atoms with E-state index in [0.29, 0.717) is 5.75 Å². The van der Waals surface area contributed by atoms with Gasteiger partial charge in [0.15, 0.2) is 0 Å². The molecule has 0 aliphatic heterocycles. The molecule has 0 fully saturated rings. The Kier molecular flexibility index (Phi) is 3.25. The summed E-state index contributed by atoms with van der Waals surface area (Å²) in [6.45, 7) is 0. The molecule has 14 heavy (non-hydrogen) atoms. The highest BCUT2D eigenvalue weighted by Crippen LogP contribution is 2.33. The van der Waals surface area contributed by atoms with Crippen LogP contribution in [0.3, 0.4) is 0 Å². The molecule has 78 valence electrons. The van der Waals surface area contributed by atoms with Crippen molar-refractivity contribution in [1.29, 1.82) is 0 Å². The van der Waals surface area contributed by atoms with Crippen LogP contribution in [0.15, 0.2) is 22.7 Å². The van der Waals surface area contributed by atoms with Gasteiger partial charge in [-0.2, -0.15) is 0 Å². The van der Waals surface area contributed by atoms with Gasteiger partial charge >= 0.3 is 6.36 Å². The molecule has 0 amide bonds. The van der Waals surface area contributed by atoms with Gasteiger partial charge in [0.05, 0.1) is 11.6 Å². The Morgan fingerprint density at radius 3 is 2.43 bits per heavy atom. The van der Waals surface area contributed by atoms with Crippen LogP contribution in [-0.4, -0.2) is 13.5 Å². The van der Waals surface area contributed by atoms with Crippen molar-refractivity contribution in [2.45, 2.75) is 6.36 Å². The predicted molar refractivity (Wildman–Crippen MR) is 47.4 cm³/mol. The van der Waals surface area contributed by atoms with Crippen LogP contribution in [0.5, 0.6) is 11.5 Å². The molecule has 0 atom stereocenters. The standard InChI is InChI=1S/C8H6BrF3O2/c1-13-5-2-3-6(9)7(4-5)14-8(10,11)12/h2-4H,1H3. The molecule has 1 aromatic carbocycles. The fraction of sp³-hybridized carbons (Fsp3) is 0.250. The minimum atomic E-state index is -4.70. The molecule has 2 nitrogen and oxygen atoms in total. The van der Waals surface area contributed by atoms with E-state index in [4.69, 9.17) is 4.74 Å². The quantitative estimate of drug-likeness (QED) is 0.821. The minimum absolute atomic E-state index is 0.218.